The van der Waals surface area contributed by atoms with Crippen LogP contribution in [0.25, 0.3) is 0 Å². The number of nitrogens with two attached hydrogens (primary N) is 6. The van der Waals surface area contributed by atoms with Gasteiger partial charge in [0.1, 0.15) is 54.1 Å². The molecule has 2 rings (SSSR count). The van der Waals surface area contributed by atoms with Crippen LogP contribution >= 0.6 is 0 Å². The molecule has 0 aliphatic carbocycles. The number of aliphatic hydroxyl groups is 1. The molecule has 2 aromatic carbocycles. The van der Waals surface area contributed by atoms with E-state index >= 15 is 0 Å². The number of carbonyl (C=O) groups is 11. The fourth-order valence-electron chi connectivity index (χ4n) is 7.69. The van der Waals surface area contributed by atoms with E-state index in [1.54, 1.807) is 30.3 Å². The smallest absolute Gasteiger partial charge is 0.326 e. The van der Waals surface area contributed by atoms with Gasteiger partial charge in [-0.3, -0.25) is 57.9 Å². The average molecular weight is 1160 g/mol. The van der Waals surface area contributed by atoms with Crippen LogP contribution in [-0.2, 0) is 65.6 Å². The van der Waals surface area contributed by atoms with Crippen LogP contribution in [0.4, 0.5) is 0 Å². The minimum absolute atomic E-state index is 0.0143. The zero-order valence-corrected chi connectivity index (χ0v) is 46.0. The van der Waals surface area contributed by atoms with E-state index in [4.69, 9.17) is 34.4 Å². The van der Waals surface area contributed by atoms with Gasteiger partial charge in [0, 0.05) is 32.4 Å². The molecule has 452 valence electrons. The van der Waals surface area contributed by atoms with Crippen LogP contribution < -0.4 is 76.9 Å². The van der Waals surface area contributed by atoms with E-state index in [9.17, 15) is 73.2 Å². The van der Waals surface area contributed by atoms with Gasteiger partial charge in [-0.05, 0) is 75.1 Å². The van der Waals surface area contributed by atoms with Gasteiger partial charge in [0.15, 0.2) is 11.9 Å². The third kappa shape index (κ3) is 25.8. The SMILES string of the molecule is CC(C)[C@H](NC(=O)[C@H](CCC(=O)O)NC(=O)[C@H](C)NC(=O)[C@@H](NC(=O)[C@H](Cc1ccccc1)NC(=O)[C@H](Cc1ccc(O)cc1)NC(=O)[C@H](CC(N)=O)NC(=O)[C@H](CCCN=C(N)N)NC(=O)[C@@H](N)CCCN=C(N)N)[C@@H](C)O)C(=O)O. The van der Waals surface area contributed by atoms with Crippen molar-refractivity contribution in [3.05, 3.63) is 65.7 Å². The van der Waals surface area contributed by atoms with Gasteiger partial charge in [0.25, 0.3) is 0 Å². The van der Waals surface area contributed by atoms with Crippen molar-refractivity contribution in [2.45, 2.75) is 146 Å². The lowest BCUT2D eigenvalue weighted by atomic mass is 10.0. The molecule has 10 atom stereocenters. The van der Waals surface area contributed by atoms with E-state index in [1.807, 2.05) is 0 Å². The molecule has 24 N–H and O–H groups in total. The largest absolute Gasteiger partial charge is 0.508 e. The number of phenolic OH excluding ortho intramolecular Hbond substituents is 1. The third-order valence-corrected chi connectivity index (χ3v) is 12.2. The molecule has 0 fully saturated rings. The number of phenols is 1. The standard InChI is InChI=1S/C51H78N16O15/c1-25(2)39(49(81)82)66-44(76)33(18-19-38(71)72)61-41(73)26(3)60-48(80)40(27(4)68)67-47(79)35(22-28-10-6-5-7-11-28)64-45(77)34(23-29-14-16-30(69)17-15-29)63-46(78)36(24-37(53)70)65-43(75)32(13-9-21-59-51(56)57)62-42(74)31(52)12-8-20-58-50(54)55/h5-7,10-11,14-17,25-27,31-36,39-40,68-69H,8-9,12-13,18-24,52H2,1-4H3,(H2,53,70)(H,60,80)(H,61,73)(H,62,74)(H,63,78)(H,64,77)(H,65,75)(H,66,76)(H,67,79)(H,71,72)(H,81,82)(H4,54,55,58)(H4,56,57,59)/t26-,27+,31-,32-,33-,34-,35-,36-,39-,40-/m0/s1. The number of carbonyl (C=O) groups excluding carboxylic acids is 9. The number of carboxylic acid groups (broad SMARTS) is 2. The Morgan fingerprint density at radius 3 is 1.44 bits per heavy atom. The number of primary amides is 1. The summed E-state index contributed by atoms with van der Waals surface area (Å²) >= 11 is 0. The predicted molar refractivity (Wildman–Crippen MR) is 296 cm³/mol. The Balaban J connectivity index is 2.50. The molecule has 0 heterocycles. The molecular formula is C51H78N16O15. The summed E-state index contributed by atoms with van der Waals surface area (Å²) in [4.78, 5) is 154. The quantitative estimate of drug-likeness (QED) is 0.0172. The van der Waals surface area contributed by atoms with Gasteiger partial charge >= 0.3 is 11.9 Å². The monoisotopic (exact) mass is 1150 g/mol. The molecule has 0 aliphatic rings. The topological polar surface area (TPSA) is 546 Å². The number of rotatable bonds is 36. The van der Waals surface area contributed by atoms with E-state index in [1.165, 1.54) is 45.0 Å². The number of hydrogen-bond acceptors (Lipinski definition) is 16. The number of guanidine groups is 2. The first kappa shape index (κ1) is 69.0. The maximum absolute atomic E-state index is 14.6. The van der Waals surface area contributed by atoms with Crippen LogP contribution in [0.15, 0.2) is 64.6 Å². The van der Waals surface area contributed by atoms with Gasteiger partial charge in [0.05, 0.1) is 18.6 Å². The van der Waals surface area contributed by atoms with Crippen LogP contribution in [0.3, 0.4) is 0 Å². The summed E-state index contributed by atoms with van der Waals surface area (Å²) in [6.45, 7) is 5.48. The number of aromatic hydroxyl groups is 1. The highest BCUT2D eigenvalue weighted by Gasteiger charge is 2.36. The number of aliphatic imine (C=N–C) groups is 2. The number of benzene rings is 2. The van der Waals surface area contributed by atoms with Crippen molar-refractivity contribution in [3.8, 4) is 5.75 Å². The third-order valence-electron chi connectivity index (χ3n) is 12.2. The zero-order chi connectivity index (χ0) is 61.8. The molecule has 31 nitrogen and oxygen atoms in total. The van der Waals surface area contributed by atoms with Gasteiger partial charge in [-0.2, -0.15) is 0 Å². The molecule has 2 aromatic rings. The fourth-order valence-corrected chi connectivity index (χ4v) is 7.69. The lowest BCUT2D eigenvalue weighted by Crippen LogP contribution is -2.62. The van der Waals surface area contributed by atoms with Gasteiger partial charge < -0.3 is 97.4 Å². The molecular weight excluding hydrogens is 1080 g/mol. The summed E-state index contributed by atoms with van der Waals surface area (Å²) in [7, 11) is 0. The number of carboxylic acids is 2. The number of amides is 9. The van der Waals surface area contributed by atoms with Crippen LogP contribution in [0.2, 0.25) is 0 Å². The molecule has 0 radical (unpaired) electrons. The van der Waals surface area contributed by atoms with Gasteiger partial charge in [-0.15, -0.1) is 0 Å². The Kier molecular flexibility index (Phi) is 29.3. The zero-order valence-electron chi connectivity index (χ0n) is 46.0. The van der Waals surface area contributed by atoms with Gasteiger partial charge in [0.2, 0.25) is 53.2 Å². The number of nitrogens with one attached hydrogen (secondary N) is 8. The molecule has 0 aromatic heterocycles. The summed E-state index contributed by atoms with van der Waals surface area (Å²) in [6.07, 6.45) is -3.87. The second-order valence-electron chi connectivity index (χ2n) is 19.5. The number of hydrogen-bond donors (Lipinski definition) is 18. The summed E-state index contributed by atoms with van der Waals surface area (Å²) < 4.78 is 0. The Bertz CT molecular complexity index is 2580. The first-order valence-corrected chi connectivity index (χ1v) is 26.0. The molecule has 0 aliphatic heterocycles. The average Bonchev–Trinajstić information content (AvgIpc) is 3.42. The molecule has 0 saturated carbocycles. The van der Waals surface area contributed by atoms with Crippen molar-refractivity contribution < 1.29 is 73.2 Å². The molecule has 82 heavy (non-hydrogen) atoms. The van der Waals surface area contributed by atoms with Crippen LogP contribution in [0, 0.1) is 5.92 Å². The summed E-state index contributed by atoms with van der Waals surface area (Å²) in [5, 5.41) is 58.9. The first-order chi connectivity index (χ1) is 38.5. The van der Waals surface area contributed by atoms with Crippen molar-refractivity contribution in [1.29, 1.82) is 0 Å². The Morgan fingerprint density at radius 1 is 0.500 bits per heavy atom. The summed E-state index contributed by atoms with van der Waals surface area (Å²) in [6, 6.07) is -0.436. The molecule has 0 bridgehead atoms. The van der Waals surface area contributed by atoms with Crippen LogP contribution in [0.1, 0.15) is 83.8 Å². The lowest BCUT2D eigenvalue weighted by molar-refractivity contribution is -0.144. The number of aliphatic hydroxyl groups excluding tert-OH is 1. The molecule has 0 saturated heterocycles. The first-order valence-electron chi connectivity index (χ1n) is 26.0. The van der Waals surface area contributed by atoms with Crippen molar-refractivity contribution in [3.63, 3.8) is 0 Å². The Morgan fingerprint density at radius 2 is 0.939 bits per heavy atom. The normalized spacial score (nSPS) is 14.6. The Labute approximate surface area is 472 Å². The highest BCUT2D eigenvalue weighted by molar-refractivity contribution is 5.99. The van der Waals surface area contributed by atoms with Crippen molar-refractivity contribution in [2.24, 2.45) is 50.3 Å². The van der Waals surface area contributed by atoms with Crippen LogP contribution in [-0.4, -0.2) is 171 Å². The van der Waals surface area contributed by atoms with E-state index in [-0.39, 0.29) is 69.3 Å². The van der Waals surface area contributed by atoms with Gasteiger partial charge in [-0.1, -0.05) is 56.3 Å². The summed E-state index contributed by atoms with van der Waals surface area (Å²) in [5.74, 6) is -13.2. The lowest BCUT2D eigenvalue weighted by Gasteiger charge is -2.28. The second-order valence-corrected chi connectivity index (χ2v) is 19.5. The van der Waals surface area contributed by atoms with E-state index in [0.717, 1.165) is 6.92 Å². The van der Waals surface area contributed by atoms with E-state index < -0.39 is 151 Å². The van der Waals surface area contributed by atoms with Crippen molar-refractivity contribution in [2.75, 3.05) is 13.1 Å². The molecule has 0 unspecified atom stereocenters. The van der Waals surface area contributed by atoms with E-state index in [0.29, 0.717) is 11.1 Å². The summed E-state index contributed by atoms with van der Waals surface area (Å²) in [5.41, 5.74) is 34.0. The minimum atomic E-state index is -1.84. The fraction of sp³-hybridized carbons (Fsp3) is 0.510. The minimum Gasteiger partial charge on any atom is -0.508 e. The predicted octanol–water partition coefficient (Wildman–Crippen LogP) is -5.63. The maximum Gasteiger partial charge on any atom is 0.326 e. The molecule has 0 spiro atoms. The van der Waals surface area contributed by atoms with Crippen LogP contribution in [0.5, 0.6) is 5.75 Å². The highest BCUT2D eigenvalue weighted by Crippen LogP contribution is 2.14. The maximum atomic E-state index is 14.6. The van der Waals surface area contributed by atoms with E-state index in [2.05, 4.69) is 52.5 Å². The van der Waals surface area contributed by atoms with Crippen molar-refractivity contribution in [1.82, 2.24) is 42.5 Å². The number of aliphatic carboxylic acids is 2. The molecule has 9 amide bonds. The second kappa shape index (κ2) is 34.8. The Hall–Kier alpha value is -9.13. The highest BCUT2D eigenvalue weighted by atomic mass is 16.4. The number of nitrogens with zero attached hydrogens (tertiary/aromatic N) is 2. The van der Waals surface area contributed by atoms with Crippen molar-refractivity contribution >= 4 is 77.0 Å². The van der Waals surface area contributed by atoms with Gasteiger partial charge in [-0.25, -0.2) is 4.79 Å². The molecule has 31 heteroatoms.